The maximum atomic E-state index is 12.6. The van der Waals surface area contributed by atoms with E-state index in [0.717, 1.165) is 32.2 Å². The Morgan fingerprint density at radius 3 is 2.50 bits per heavy atom. The van der Waals surface area contributed by atoms with E-state index >= 15 is 0 Å². The Balaban J connectivity index is 0.00000288. The van der Waals surface area contributed by atoms with Gasteiger partial charge in [-0.2, -0.15) is 4.31 Å². The normalized spacial score (nSPS) is 15.8. The van der Waals surface area contributed by atoms with Gasteiger partial charge in [0.1, 0.15) is 10.6 Å². The fourth-order valence-corrected chi connectivity index (χ4v) is 4.30. The summed E-state index contributed by atoms with van der Waals surface area (Å²) in [7, 11) is 0.0462. The van der Waals surface area contributed by atoms with Gasteiger partial charge in [-0.3, -0.25) is 4.79 Å². The first-order valence-electron chi connectivity index (χ1n) is 8.06. The molecule has 0 unspecified atom stereocenters. The van der Waals surface area contributed by atoms with Crippen molar-refractivity contribution >= 4 is 28.3 Å². The zero-order chi connectivity index (χ0) is 16.9. The average molecular weight is 379 g/mol. The van der Waals surface area contributed by atoms with Crippen LogP contribution < -0.4 is 10.6 Å². The number of hydrogen-bond donors (Lipinski definition) is 2. The van der Waals surface area contributed by atoms with Crippen LogP contribution >= 0.6 is 12.4 Å². The minimum atomic E-state index is -3.50. The lowest BCUT2D eigenvalue weighted by atomic mass is 10.2. The molecule has 24 heavy (non-hydrogen) atoms. The molecule has 2 rings (SSSR count). The van der Waals surface area contributed by atoms with E-state index < -0.39 is 10.0 Å². The molecule has 7 nitrogen and oxygen atoms in total. The summed E-state index contributed by atoms with van der Waals surface area (Å²) in [6.07, 6.45) is 5.20. The molecule has 0 bridgehead atoms. The molecule has 0 spiro atoms. The molecule has 138 valence electrons. The summed E-state index contributed by atoms with van der Waals surface area (Å²) in [6.45, 7) is 2.49. The highest BCUT2D eigenvalue weighted by Gasteiger charge is 2.28. The second-order valence-corrected chi connectivity index (χ2v) is 7.79. The summed E-state index contributed by atoms with van der Waals surface area (Å²) in [5.74, 6) is -0.247. The first-order chi connectivity index (χ1) is 11.0. The summed E-state index contributed by atoms with van der Waals surface area (Å²) in [5, 5.41) is 5.82. The van der Waals surface area contributed by atoms with Gasteiger partial charge in [-0.05, 0) is 38.9 Å². The maximum Gasteiger partial charge on any atom is 0.267 e. The number of hydrogen-bond acceptors (Lipinski definition) is 4. The van der Waals surface area contributed by atoms with E-state index in [1.54, 1.807) is 11.6 Å². The van der Waals surface area contributed by atoms with Crippen molar-refractivity contribution in [3.8, 4) is 0 Å². The third kappa shape index (κ3) is 4.95. The summed E-state index contributed by atoms with van der Waals surface area (Å²) in [6, 6.07) is 1.47. The molecular formula is C15H27ClN4O3S. The number of carbonyl (C=O) groups is 1. The number of sulfonamides is 1. The van der Waals surface area contributed by atoms with E-state index in [1.807, 2.05) is 7.05 Å². The summed E-state index contributed by atoms with van der Waals surface area (Å²) in [5.41, 5.74) is 0.366. The standard InChI is InChI=1S/C15H26N4O3S.ClH/c1-16-7-6-8-17-15(20)14-11-13(12-18(14)2)23(21,22)19-9-4-3-5-10-19;/h11-12,16H,3-10H2,1-2H3,(H,17,20);1H. The number of carbonyl (C=O) groups excluding carboxylic acids is 1. The highest BCUT2D eigenvalue weighted by molar-refractivity contribution is 7.89. The lowest BCUT2D eigenvalue weighted by molar-refractivity contribution is 0.0945. The van der Waals surface area contributed by atoms with Crippen LogP contribution in [0.5, 0.6) is 0 Å². The van der Waals surface area contributed by atoms with E-state index in [0.29, 0.717) is 25.3 Å². The molecule has 1 amide bonds. The molecule has 9 heteroatoms. The first kappa shape index (κ1) is 21.0. The quantitative estimate of drug-likeness (QED) is 0.692. The molecule has 0 aliphatic carbocycles. The van der Waals surface area contributed by atoms with Gasteiger partial charge in [0.05, 0.1) is 0 Å². The van der Waals surface area contributed by atoms with Gasteiger partial charge >= 0.3 is 0 Å². The van der Waals surface area contributed by atoms with E-state index in [1.165, 1.54) is 16.6 Å². The number of aryl methyl sites for hydroxylation is 1. The summed E-state index contributed by atoms with van der Waals surface area (Å²) >= 11 is 0. The van der Waals surface area contributed by atoms with Gasteiger partial charge in [-0.1, -0.05) is 6.42 Å². The monoisotopic (exact) mass is 378 g/mol. The zero-order valence-electron chi connectivity index (χ0n) is 14.2. The Hall–Kier alpha value is -1.09. The zero-order valence-corrected chi connectivity index (χ0v) is 15.9. The van der Waals surface area contributed by atoms with Crippen molar-refractivity contribution in [1.82, 2.24) is 19.5 Å². The summed E-state index contributed by atoms with van der Waals surface area (Å²) < 4.78 is 28.4. The maximum absolute atomic E-state index is 12.6. The number of nitrogens with zero attached hydrogens (tertiary/aromatic N) is 2. The predicted molar refractivity (Wildman–Crippen MR) is 96.1 cm³/mol. The van der Waals surface area contributed by atoms with Crippen LogP contribution in [0.25, 0.3) is 0 Å². The average Bonchev–Trinajstić information content (AvgIpc) is 2.95. The number of halogens is 1. The van der Waals surface area contributed by atoms with Gasteiger partial charge in [0, 0.05) is 32.9 Å². The number of rotatable bonds is 7. The molecule has 1 aliphatic heterocycles. The van der Waals surface area contributed by atoms with Crippen LogP contribution in [0.15, 0.2) is 17.2 Å². The Bertz CT molecular complexity index is 639. The largest absolute Gasteiger partial charge is 0.351 e. The Morgan fingerprint density at radius 1 is 1.21 bits per heavy atom. The predicted octanol–water partition coefficient (Wildman–Crippen LogP) is 0.961. The summed E-state index contributed by atoms with van der Waals surface area (Å²) in [4.78, 5) is 12.4. The highest BCUT2D eigenvalue weighted by atomic mass is 35.5. The lowest BCUT2D eigenvalue weighted by Crippen LogP contribution is -2.35. The third-order valence-corrected chi connectivity index (χ3v) is 5.92. The van der Waals surface area contributed by atoms with Crippen molar-refractivity contribution in [3.05, 3.63) is 18.0 Å². The van der Waals surface area contributed by atoms with E-state index in [2.05, 4.69) is 10.6 Å². The molecular weight excluding hydrogens is 352 g/mol. The van der Waals surface area contributed by atoms with Crippen LogP contribution in [-0.4, -0.2) is 56.4 Å². The van der Waals surface area contributed by atoms with Crippen LogP contribution in [0, 0.1) is 0 Å². The van der Waals surface area contributed by atoms with Crippen LogP contribution in [-0.2, 0) is 17.1 Å². The van der Waals surface area contributed by atoms with Crippen molar-refractivity contribution in [3.63, 3.8) is 0 Å². The molecule has 1 fully saturated rings. The van der Waals surface area contributed by atoms with Crippen LogP contribution in [0.3, 0.4) is 0 Å². The minimum absolute atomic E-state index is 0. The highest BCUT2D eigenvalue weighted by Crippen LogP contribution is 2.22. The van der Waals surface area contributed by atoms with Crippen molar-refractivity contribution < 1.29 is 13.2 Å². The fraction of sp³-hybridized carbons (Fsp3) is 0.667. The number of piperidine rings is 1. The molecule has 0 saturated carbocycles. The topological polar surface area (TPSA) is 83.4 Å². The third-order valence-electron chi connectivity index (χ3n) is 4.05. The van der Waals surface area contributed by atoms with Gasteiger partial charge in [-0.15, -0.1) is 12.4 Å². The molecule has 0 atom stereocenters. The van der Waals surface area contributed by atoms with Gasteiger partial charge < -0.3 is 15.2 Å². The van der Waals surface area contributed by atoms with E-state index in [4.69, 9.17) is 0 Å². The van der Waals surface area contributed by atoms with Crippen LogP contribution in [0.1, 0.15) is 36.2 Å². The second kappa shape index (κ2) is 9.41. The van der Waals surface area contributed by atoms with Crippen LogP contribution in [0.4, 0.5) is 0 Å². The molecule has 2 heterocycles. The van der Waals surface area contributed by atoms with Crippen molar-refractivity contribution in [2.24, 2.45) is 7.05 Å². The molecule has 1 saturated heterocycles. The second-order valence-electron chi connectivity index (χ2n) is 5.85. The van der Waals surface area contributed by atoms with Gasteiger partial charge in [0.2, 0.25) is 10.0 Å². The van der Waals surface area contributed by atoms with E-state index in [9.17, 15) is 13.2 Å². The minimum Gasteiger partial charge on any atom is -0.351 e. The fourth-order valence-electron chi connectivity index (χ4n) is 2.71. The molecule has 0 radical (unpaired) electrons. The van der Waals surface area contributed by atoms with Crippen molar-refractivity contribution in [2.75, 3.05) is 33.2 Å². The smallest absolute Gasteiger partial charge is 0.267 e. The van der Waals surface area contributed by atoms with Crippen LogP contribution in [0.2, 0.25) is 0 Å². The van der Waals surface area contributed by atoms with Crippen molar-refractivity contribution in [1.29, 1.82) is 0 Å². The van der Waals surface area contributed by atoms with Crippen molar-refractivity contribution in [2.45, 2.75) is 30.6 Å². The van der Waals surface area contributed by atoms with Gasteiger partial charge in [0.15, 0.2) is 0 Å². The Kier molecular flexibility index (Phi) is 8.21. The van der Waals surface area contributed by atoms with E-state index in [-0.39, 0.29) is 23.2 Å². The molecule has 0 aromatic carbocycles. The molecule has 1 aromatic rings. The SMILES string of the molecule is CNCCCNC(=O)c1cc(S(=O)(=O)N2CCCCC2)cn1C.Cl. The molecule has 1 aliphatic rings. The first-order valence-corrected chi connectivity index (χ1v) is 9.50. The Morgan fingerprint density at radius 2 is 1.88 bits per heavy atom. The number of aromatic nitrogens is 1. The van der Waals surface area contributed by atoms with Gasteiger partial charge in [0.25, 0.3) is 5.91 Å². The molecule has 2 N–H and O–H groups in total. The number of nitrogens with one attached hydrogen (secondary N) is 2. The lowest BCUT2D eigenvalue weighted by Gasteiger charge is -2.25. The van der Waals surface area contributed by atoms with Gasteiger partial charge in [-0.25, -0.2) is 8.42 Å². The molecule has 1 aromatic heterocycles. The number of amides is 1. The Labute approximate surface area is 150 Å².